The summed E-state index contributed by atoms with van der Waals surface area (Å²) < 4.78 is 1.53. The molecule has 2 heterocycles. The van der Waals surface area contributed by atoms with Crippen LogP contribution in [0.4, 0.5) is 0 Å². The Morgan fingerprint density at radius 1 is 1.58 bits per heavy atom. The van der Waals surface area contributed by atoms with Gasteiger partial charge in [-0.2, -0.15) is 5.10 Å². The van der Waals surface area contributed by atoms with Crippen molar-refractivity contribution in [1.82, 2.24) is 14.7 Å². The molecule has 1 aliphatic heterocycles. The van der Waals surface area contributed by atoms with Gasteiger partial charge in [-0.05, 0) is 0 Å². The summed E-state index contributed by atoms with van der Waals surface area (Å²) in [4.78, 5) is 24.8. The molecule has 0 aromatic carbocycles. The van der Waals surface area contributed by atoms with Crippen molar-refractivity contribution < 1.29 is 14.7 Å². The molecule has 0 radical (unpaired) electrons. The highest BCUT2D eigenvalue weighted by Gasteiger charge is 2.39. The maximum Gasteiger partial charge on any atom is 0.244 e. The fourth-order valence-electron chi connectivity index (χ4n) is 2.25. The molecule has 8 heteroatoms. The molecule has 5 N–H and O–H groups in total. The monoisotopic (exact) mass is 267 g/mol. The minimum Gasteiger partial charge on any atom is -0.391 e. The summed E-state index contributed by atoms with van der Waals surface area (Å²) >= 11 is 0. The van der Waals surface area contributed by atoms with Crippen molar-refractivity contribution in [2.75, 3.05) is 6.54 Å². The molecular formula is C11H17N5O3. The normalized spacial score (nSPS) is 24.5. The molecule has 0 saturated carbocycles. The van der Waals surface area contributed by atoms with Gasteiger partial charge in [-0.1, -0.05) is 0 Å². The second kappa shape index (κ2) is 4.98. The summed E-state index contributed by atoms with van der Waals surface area (Å²) in [5, 5.41) is 13.5. The molecule has 8 nitrogen and oxygen atoms in total. The molecular weight excluding hydrogens is 250 g/mol. The average Bonchev–Trinajstić information content (AvgIpc) is 2.93. The lowest BCUT2D eigenvalue weighted by Crippen LogP contribution is -2.47. The summed E-state index contributed by atoms with van der Waals surface area (Å²) in [6.45, 7) is 0.0698. The zero-order valence-corrected chi connectivity index (χ0v) is 10.6. The van der Waals surface area contributed by atoms with E-state index in [1.54, 1.807) is 13.2 Å². The van der Waals surface area contributed by atoms with Crippen molar-refractivity contribution >= 4 is 11.8 Å². The molecule has 0 bridgehead atoms. The third kappa shape index (κ3) is 2.59. The van der Waals surface area contributed by atoms with Gasteiger partial charge in [0.15, 0.2) is 0 Å². The van der Waals surface area contributed by atoms with Gasteiger partial charge in [0.1, 0.15) is 12.1 Å². The minimum absolute atomic E-state index is 0.0698. The largest absolute Gasteiger partial charge is 0.391 e. The van der Waals surface area contributed by atoms with Gasteiger partial charge >= 0.3 is 0 Å². The fraction of sp³-hybridized carbons (Fsp3) is 0.545. The molecule has 0 spiro atoms. The van der Waals surface area contributed by atoms with Crippen molar-refractivity contribution in [2.45, 2.75) is 24.6 Å². The highest BCUT2D eigenvalue weighted by molar-refractivity contribution is 5.90. The second-order valence-corrected chi connectivity index (χ2v) is 4.72. The number of carbonyl (C=O) groups is 2. The molecule has 19 heavy (non-hydrogen) atoms. The summed E-state index contributed by atoms with van der Waals surface area (Å²) in [5.41, 5.74) is 11.6. The van der Waals surface area contributed by atoms with Gasteiger partial charge in [0.2, 0.25) is 11.8 Å². The topological polar surface area (TPSA) is 127 Å². The number of likely N-dealkylation sites (tertiary alicyclic amines) is 1. The van der Waals surface area contributed by atoms with E-state index in [-0.39, 0.29) is 13.0 Å². The molecule has 0 aliphatic carbocycles. The number of aliphatic hydroxyl groups excluding tert-OH is 1. The third-order valence-electron chi connectivity index (χ3n) is 3.24. The van der Waals surface area contributed by atoms with Crippen LogP contribution in [-0.4, -0.2) is 50.3 Å². The Labute approximate surface area is 110 Å². The maximum absolute atomic E-state index is 12.3. The summed E-state index contributed by atoms with van der Waals surface area (Å²) in [6, 6.07) is -1.72. The van der Waals surface area contributed by atoms with E-state index in [9.17, 15) is 14.7 Å². The number of amides is 2. The summed E-state index contributed by atoms with van der Waals surface area (Å²) in [5.74, 6) is -1.07. The Hall–Kier alpha value is -1.93. The molecule has 3 unspecified atom stereocenters. The van der Waals surface area contributed by atoms with E-state index in [0.29, 0.717) is 5.56 Å². The summed E-state index contributed by atoms with van der Waals surface area (Å²) in [7, 11) is 1.71. The Bertz CT molecular complexity index is 500. The first-order chi connectivity index (χ1) is 8.90. The molecule has 1 aliphatic rings. The number of primary amides is 1. The number of hydrogen-bond donors (Lipinski definition) is 3. The average molecular weight is 267 g/mol. The fourth-order valence-corrected chi connectivity index (χ4v) is 2.25. The number of hydrogen-bond acceptors (Lipinski definition) is 5. The highest BCUT2D eigenvalue weighted by Crippen LogP contribution is 2.22. The predicted octanol–water partition coefficient (Wildman–Crippen LogP) is -2.13. The number of nitrogens with two attached hydrogens (primary N) is 2. The third-order valence-corrected chi connectivity index (χ3v) is 3.24. The Kier molecular flexibility index (Phi) is 3.54. The van der Waals surface area contributed by atoms with E-state index in [0.717, 1.165) is 0 Å². The van der Waals surface area contributed by atoms with Crippen LogP contribution in [0.15, 0.2) is 12.4 Å². The van der Waals surface area contributed by atoms with E-state index in [2.05, 4.69) is 5.10 Å². The number of rotatable bonds is 3. The van der Waals surface area contributed by atoms with Crippen molar-refractivity contribution in [3.63, 3.8) is 0 Å². The molecule has 2 amide bonds. The van der Waals surface area contributed by atoms with Gasteiger partial charge in [-0.15, -0.1) is 0 Å². The van der Waals surface area contributed by atoms with Crippen molar-refractivity contribution in [1.29, 1.82) is 0 Å². The quantitative estimate of drug-likeness (QED) is 0.576. The van der Waals surface area contributed by atoms with Crippen LogP contribution in [0.1, 0.15) is 18.0 Å². The Morgan fingerprint density at radius 3 is 2.79 bits per heavy atom. The van der Waals surface area contributed by atoms with Gasteiger partial charge in [0.05, 0.1) is 12.3 Å². The van der Waals surface area contributed by atoms with Crippen molar-refractivity contribution in [3.05, 3.63) is 18.0 Å². The highest BCUT2D eigenvalue weighted by atomic mass is 16.3. The van der Waals surface area contributed by atoms with Crippen molar-refractivity contribution in [3.8, 4) is 0 Å². The minimum atomic E-state index is -0.916. The first kappa shape index (κ1) is 13.5. The number of aromatic nitrogens is 2. The zero-order chi connectivity index (χ0) is 14.2. The molecule has 3 atom stereocenters. The molecule has 1 fully saturated rings. The van der Waals surface area contributed by atoms with Crippen LogP contribution in [-0.2, 0) is 16.6 Å². The Morgan fingerprint density at radius 2 is 2.26 bits per heavy atom. The molecule has 1 aromatic rings. The van der Waals surface area contributed by atoms with Crippen LogP contribution in [0.2, 0.25) is 0 Å². The lowest BCUT2D eigenvalue weighted by molar-refractivity contribution is -0.138. The van der Waals surface area contributed by atoms with Gasteiger partial charge in [-0.25, -0.2) is 0 Å². The first-order valence-electron chi connectivity index (χ1n) is 5.92. The van der Waals surface area contributed by atoms with Crippen LogP contribution in [0.5, 0.6) is 0 Å². The van der Waals surface area contributed by atoms with E-state index in [1.807, 2.05) is 0 Å². The lowest BCUT2D eigenvalue weighted by atomic mass is 10.1. The number of β-amino-alcohol motifs (C(OH)–C–C–N with tert-alkyl or cyclic N) is 1. The van der Waals surface area contributed by atoms with Crippen LogP contribution >= 0.6 is 0 Å². The van der Waals surface area contributed by atoms with Gasteiger partial charge in [0.25, 0.3) is 0 Å². The standard InChI is InChI=1S/C11H17N5O3/c1-15-4-6(3-14-15)9(12)11(19)16-5-7(17)2-8(16)10(13)18/h3-4,7-9,17H,2,5,12H2,1H3,(H2,13,18). The molecule has 1 saturated heterocycles. The van der Waals surface area contributed by atoms with Gasteiger partial charge in [0, 0.05) is 31.8 Å². The van der Waals surface area contributed by atoms with Crippen LogP contribution in [0.25, 0.3) is 0 Å². The molecule has 1 aromatic heterocycles. The van der Waals surface area contributed by atoms with E-state index < -0.39 is 30.0 Å². The maximum atomic E-state index is 12.3. The smallest absolute Gasteiger partial charge is 0.244 e. The first-order valence-corrected chi connectivity index (χ1v) is 5.92. The van der Waals surface area contributed by atoms with Gasteiger partial charge < -0.3 is 21.5 Å². The molecule has 2 rings (SSSR count). The second-order valence-electron chi connectivity index (χ2n) is 4.72. The Balaban J connectivity index is 2.16. The van der Waals surface area contributed by atoms with Crippen LogP contribution in [0, 0.1) is 0 Å². The lowest BCUT2D eigenvalue weighted by Gasteiger charge is -2.24. The van der Waals surface area contributed by atoms with Crippen molar-refractivity contribution in [2.24, 2.45) is 18.5 Å². The van der Waals surface area contributed by atoms with Crippen LogP contribution < -0.4 is 11.5 Å². The zero-order valence-electron chi connectivity index (χ0n) is 10.6. The number of carbonyl (C=O) groups excluding carboxylic acids is 2. The molecule has 104 valence electrons. The van der Waals surface area contributed by atoms with Gasteiger partial charge in [-0.3, -0.25) is 14.3 Å². The van der Waals surface area contributed by atoms with Crippen LogP contribution in [0.3, 0.4) is 0 Å². The van der Waals surface area contributed by atoms with E-state index in [1.165, 1.54) is 15.8 Å². The van der Waals surface area contributed by atoms with E-state index >= 15 is 0 Å². The number of nitrogens with zero attached hydrogens (tertiary/aromatic N) is 3. The SMILES string of the molecule is Cn1cc(C(N)C(=O)N2CC(O)CC2C(N)=O)cn1. The predicted molar refractivity (Wildman–Crippen MR) is 65.5 cm³/mol. The summed E-state index contributed by atoms with van der Waals surface area (Å²) in [6.07, 6.45) is 2.53. The number of aryl methyl sites for hydroxylation is 1. The van der Waals surface area contributed by atoms with E-state index in [4.69, 9.17) is 11.5 Å². The number of aliphatic hydroxyl groups is 1.